The van der Waals surface area contributed by atoms with Crippen molar-refractivity contribution >= 4 is 17.4 Å². The molecule has 0 radical (unpaired) electrons. The number of nitrogens with one attached hydrogen (secondary N) is 1. The van der Waals surface area contributed by atoms with Crippen molar-refractivity contribution in [3.8, 4) is 0 Å². The molecular formula is C25H24N2O3. The molecule has 2 N–H and O–H groups in total. The van der Waals surface area contributed by atoms with Crippen molar-refractivity contribution in [2.24, 2.45) is 11.1 Å². The molecule has 0 unspecified atom stereocenters. The lowest BCUT2D eigenvalue weighted by Crippen LogP contribution is -2.06. The first kappa shape index (κ1) is 19.7. The summed E-state index contributed by atoms with van der Waals surface area (Å²) in [7, 11) is 1.55. The Morgan fingerprint density at radius 2 is 1.77 bits per heavy atom. The number of aliphatic carboxylic acids is 1. The molecule has 4 rings (SSSR count). The van der Waals surface area contributed by atoms with Gasteiger partial charge in [0.15, 0.2) is 0 Å². The first-order valence-electron chi connectivity index (χ1n) is 9.98. The Morgan fingerprint density at radius 1 is 1.03 bits per heavy atom. The molecule has 0 saturated heterocycles. The average Bonchev–Trinajstić information content (AvgIpc) is 3.59. The summed E-state index contributed by atoms with van der Waals surface area (Å²) in [6.07, 6.45) is 0.738. The first-order chi connectivity index (χ1) is 14.7. The minimum absolute atomic E-state index is 0.157. The summed E-state index contributed by atoms with van der Waals surface area (Å²) in [4.78, 5) is 16.1. The van der Waals surface area contributed by atoms with Crippen molar-refractivity contribution in [3.05, 3.63) is 101 Å². The maximum Gasteiger partial charge on any atom is 0.307 e. The van der Waals surface area contributed by atoms with Gasteiger partial charge in [0.25, 0.3) is 0 Å². The van der Waals surface area contributed by atoms with Gasteiger partial charge < -0.3 is 15.3 Å². The molecule has 0 aliphatic heterocycles. The summed E-state index contributed by atoms with van der Waals surface area (Å²) in [6, 6.07) is 26.2. The van der Waals surface area contributed by atoms with Crippen molar-refractivity contribution in [1.82, 2.24) is 0 Å². The zero-order valence-electron chi connectivity index (χ0n) is 16.8. The summed E-state index contributed by atoms with van der Waals surface area (Å²) < 4.78 is 0. The summed E-state index contributed by atoms with van der Waals surface area (Å²) in [6.45, 7) is 0.670. The van der Waals surface area contributed by atoms with E-state index in [0.717, 1.165) is 40.1 Å². The molecular weight excluding hydrogens is 376 g/mol. The monoisotopic (exact) mass is 400 g/mol. The Hall–Kier alpha value is -3.60. The highest BCUT2D eigenvalue weighted by atomic mass is 16.6. The van der Waals surface area contributed by atoms with Gasteiger partial charge in [-0.15, -0.1) is 0 Å². The fraction of sp³-hybridized carbons (Fsp3) is 0.200. The molecule has 30 heavy (non-hydrogen) atoms. The number of carboxylic acid groups (broad SMARTS) is 1. The van der Waals surface area contributed by atoms with Crippen LogP contribution in [0.1, 0.15) is 34.6 Å². The van der Waals surface area contributed by atoms with Crippen molar-refractivity contribution < 1.29 is 14.7 Å². The van der Waals surface area contributed by atoms with E-state index in [0.29, 0.717) is 6.54 Å². The zero-order valence-corrected chi connectivity index (χ0v) is 16.8. The molecule has 1 aliphatic rings. The number of rotatable bonds is 8. The number of benzene rings is 3. The molecule has 5 heteroatoms. The molecule has 152 valence electrons. The topological polar surface area (TPSA) is 70.9 Å². The average molecular weight is 400 g/mol. The molecule has 0 bridgehead atoms. The van der Waals surface area contributed by atoms with Gasteiger partial charge in [-0.2, -0.15) is 0 Å². The smallest absolute Gasteiger partial charge is 0.307 e. The molecule has 2 atom stereocenters. The van der Waals surface area contributed by atoms with E-state index in [4.69, 9.17) is 9.94 Å². The number of carbonyl (C=O) groups is 1. The molecule has 0 aromatic heterocycles. The number of anilines is 1. The predicted octanol–water partition coefficient (Wildman–Crippen LogP) is 4.89. The first-order valence-corrected chi connectivity index (χ1v) is 9.98. The zero-order chi connectivity index (χ0) is 20.9. The van der Waals surface area contributed by atoms with Gasteiger partial charge in [0.1, 0.15) is 12.8 Å². The number of hydrogen-bond acceptors (Lipinski definition) is 4. The third kappa shape index (κ3) is 4.51. The van der Waals surface area contributed by atoms with Gasteiger partial charge in [-0.3, -0.25) is 4.79 Å². The highest BCUT2D eigenvalue weighted by Crippen LogP contribution is 2.47. The summed E-state index contributed by atoms with van der Waals surface area (Å²) >= 11 is 0. The van der Waals surface area contributed by atoms with E-state index in [1.54, 1.807) is 7.11 Å². The maximum absolute atomic E-state index is 11.1. The fourth-order valence-electron chi connectivity index (χ4n) is 3.68. The number of hydrogen-bond donors (Lipinski definition) is 2. The van der Waals surface area contributed by atoms with Gasteiger partial charge in [-0.25, -0.2) is 0 Å². The van der Waals surface area contributed by atoms with E-state index in [9.17, 15) is 4.79 Å². The van der Waals surface area contributed by atoms with Crippen LogP contribution in [0.4, 0.5) is 5.69 Å². The van der Waals surface area contributed by atoms with Gasteiger partial charge >= 0.3 is 5.97 Å². The molecule has 0 heterocycles. The normalized spacial score (nSPS) is 18.0. The summed E-state index contributed by atoms with van der Waals surface area (Å²) in [5.41, 5.74) is 6.01. The number of carboxylic acids is 1. The fourth-order valence-corrected chi connectivity index (χ4v) is 3.68. The van der Waals surface area contributed by atoms with Crippen LogP contribution >= 0.6 is 0 Å². The molecule has 1 saturated carbocycles. The predicted molar refractivity (Wildman–Crippen MR) is 118 cm³/mol. The van der Waals surface area contributed by atoms with Crippen LogP contribution in [0, 0.1) is 5.92 Å². The third-order valence-corrected chi connectivity index (χ3v) is 5.37. The lowest BCUT2D eigenvalue weighted by Gasteiger charge is -2.11. The van der Waals surface area contributed by atoms with Gasteiger partial charge in [-0.1, -0.05) is 65.8 Å². The van der Waals surface area contributed by atoms with Crippen molar-refractivity contribution in [3.63, 3.8) is 0 Å². The third-order valence-electron chi connectivity index (χ3n) is 5.37. The Balaban J connectivity index is 1.43. The number of oxime groups is 1. The van der Waals surface area contributed by atoms with E-state index in [1.807, 2.05) is 66.7 Å². The van der Waals surface area contributed by atoms with Crippen molar-refractivity contribution in [1.29, 1.82) is 0 Å². The van der Waals surface area contributed by atoms with E-state index in [2.05, 4.69) is 22.6 Å². The van der Waals surface area contributed by atoms with Crippen LogP contribution in [0.2, 0.25) is 0 Å². The molecule has 0 spiro atoms. The Morgan fingerprint density at radius 3 is 2.43 bits per heavy atom. The van der Waals surface area contributed by atoms with Crippen LogP contribution in [0.15, 0.2) is 84.0 Å². The van der Waals surface area contributed by atoms with E-state index >= 15 is 0 Å². The highest BCUT2D eigenvalue weighted by Gasteiger charge is 2.43. The molecule has 3 aromatic carbocycles. The molecule has 0 amide bonds. The SMILES string of the molecule is CO/N=C(\c1ccccc1)c1cccc(CNc2ccc([C@@H]3C[C@H]3C(=O)O)cc2)c1. The lowest BCUT2D eigenvalue weighted by molar-refractivity contribution is -0.138. The standard InChI is InChI=1S/C25H24N2O3/c1-30-27-24(19-7-3-2-4-8-19)20-9-5-6-17(14-20)16-26-21-12-10-18(11-13-21)22-15-23(22)25(28)29/h2-14,22-23,26H,15-16H2,1H3,(H,28,29)/b27-24+/t22-,23+/m0/s1. The second kappa shape index (κ2) is 8.82. The van der Waals surface area contributed by atoms with E-state index in [-0.39, 0.29) is 11.8 Å². The van der Waals surface area contributed by atoms with Crippen LogP contribution < -0.4 is 5.32 Å². The van der Waals surface area contributed by atoms with Crippen LogP contribution in [-0.4, -0.2) is 23.9 Å². The van der Waals surface area contributed by atoms with Crippen LogP contribution in [0.3, 0.4) is 0 Å². The largest absolute Gasteiger partial charge is 0.481 e. The van der Waals surface area contributed by atoms with Crippen LogP contribution in [-0.2, 0) is 16.2 Å². The minimum atomic E-state index is -0.700. The molecule has 3 aromatic rings. The van der Waals surface area contributed by atoms with Gasteiger partial charge in [-0.05, 0) is 41.7 Å². The minimum Gasteiger partial charge on any atom is -0.481 e. The summed E-state index contributed by atoms with van der Waals surface area (Å²) in [5, 5.41) is 16.8. The second-order valence-corrected chi connectivity index (χ2v) is 7.45. The van der Waals surface area contributed by atoms with E-state index in [1.165, 1.54) is 0 Å². The van der Waals surface area contributed by atoms with Gasteiger partial charge in [0, 0.05) is 23.4 Å². The maximum atomic E-state index is 11.1. The van der Waals surface area contributed by atoms with Gasteiger partial charge in [0.2, 0.25) is 0 Å². The molecule has 1 aliphatic carbocycles. The van der Waals surface area contributed by atoms with Crippen molar-refractivity contribution in [2.45, 2.75) is 18.9 Å². The van der Waals surface area contributed by atoms with Crippen molar-refractivity contribution in [2.75, 3.05) is 12.4 Å². The lowest BCUT2D eigenvalue weighted by atomic mass is 10.0. The Bertz CT molecular complexity index is 1050. The van der Waals surface area contributed by atoms with Gasteiger partial charge in [0.05, 0.1) is 5.92 Å². The van der Waals surface area contributed by atoms with E-state index < -0.39 is 5.97 Å². The second-order valence-electron chi connectivity index (χ2n) is 7.45. The molecule has 5 nitrogen and oxygen atoms in total. The number of nitrogens with zero attached hydrogens (tertiary/aromatic N) is 1. The quantitative estimate of drug-likeness (QED) is 0.417. The van der Waals surface area contributed by atoms with Crippen LogP contribution in [0.25, 0.3) is 0 Å². The molecule has 1 fully saturated rings. The Kier molecular flexibility index (Phi) is 5.80. The highest BCUT2D eigenvalue weighted by molar-refractivity contribution is 6.12. The van der Waals surface area contributed by atoms with Crippen LogP contribution in [0.5, 0.6) is 0 Å². The summed E-state index contributed by atoms with van der Waals surface area (Å²) in [5.74, 6) is -0.766. The Labute approximate surface area is 176 Å².